The fourth-order valence-electron chi connectivity index (χ4n) is 3.02. The quantitative estimate of drug-likeness (QED) is 0.425. The summed E-state index contributed by atoms with van der Waals surface area (Å²) in [7, 11) is 0. The minimum absolute atomic E-state index is 0.484. The second-order valence-corrected chi connectivity index (χ2v) is 6.33. The van der Waals surface area contributed by atoms with Crippen molar-refractivity contribution in [3.63, 3.8) is 0 Å². The van der Waals surface area contributed by atoms with Gasteiger partial charge in [0, 0.05) is 43.5 Å². The van der Waals surface area contributed by atoms with Crippen molar-refractivity contribution in [3.8, 4) is 0 Å². The van der Waals surface area contributed by atoms with E-state index in [1.54, 1.807) is 0 Å². The van der Waals surface area contributed by atoms with Crippen molar-refractivity contribution < 1.29 is 0 Å². The lowest BCUT2D eigenvalue weighted by Gasteiger charge is -2.32. The van der Waals surface area contributed by atoms with Gasteiger partial charge in [-0.3, -0.25) is 10.9 Å². The summed E-state index contributed by atoms with van der Waals surface area (Å²) in [6, 6.07) is 1.81. The highest BCUT2D eigenvalue weighted by Crippen LogP contribution is 2.18. The van der Waals surface area contributed by atoms with Gasteiger partial charge in [-0.1, -0.05) is 6.08 Å². The van der Waals surface area contributed by atoms with Crippen LogP contribution in [0.3, 0.4) is 0 Å². The van der Waals surface area contributed by atoms with Crippen LogP contribution in [0.5, 0.6) is 0 Å². The van der Waals surface area contributed by atoms with Crippen molar-refractivity contribution in [2.45, 2.75) is 57.2 Å². The maximum absolute atomic E-state index is 4.25. The predicted octanol–water partition coefficient (Wildman–Crippen LogP) is 1.52. The third-order valence-electron chi connectivity index (χ3n) is 4.41. The van der Waals surface area contributed by atoms with Gasteiger partial charge in [0.25, 0.3) is 0 Å². The first kappa shape index (κ1) is 16.1. The van der Waals surface area contributed by atoms with Crippen LogP contribution in [0, 0.1) is 0 Å². The molecule has 4 nitrogen and oxygen atoms in total. The molecule has 0 spiro atoms. The van der Waals surface area contributed by atoms with Crippen molar-refractivity contribution >= 4 is 12.6 Å². The first-order valence-electron chi connectivity index (χ1n) is 8.09. The van der Waals surface area contributed by atoms with Gasteiger partial charge in [0.2, 0.25) is 0 Å². The van der Waals surface area contributed by atoms with Crippen LogP contribution in [-0.4, -0.2) is 48.4 Å². The molecule has 1 unspecified atom stereocenters. The lowest BCUT2D eigenvalue weighted by Crippen LogP contribution is -2.50. The average molecular weight is 299 g/mol. The molecule has 1 heterocycles. The van der Waals surface area contributed by atoms with Gasteiger partial charge in [-0.25, -0.2) is 0 Å². The van der Waals surface area contributed by atoms with Crippen LogP contribution >= 0.6 is 12.6 Å². The summed E-state index contributed by atoms with van der Waals surface area (Å²) >= 11 is 4.25. The SMILES string of the molecule is CCN1C=CC(NNC2CCC(NCCS)CC2)CC1. The number of hydrazine groups is 1. The lowest BCUT2D eigenvalue weighted by molar-refractivity contribution is 0.265. The van der Waals surface area contributed by atoms with Crippen LogP contribution in [0.25, 0.3) is 0 Å². The van der Waals surface area contributed by atoms with E-state index in [-0.39, 0.29) is 0 Å². The van der Waals surface area contributed by atoms with E-state index < -0.39 is 0 Å². The molecule has 2 aliphatic rings. The first-order valence-corrected chi connectivity index (χ1v) is 8.72. The summed E-state index contributed by atoms with van der Waals surface area (Å²) in [5, 5.41) is 3.57. The van der Waals surface area contributed by atoms with Crippen molar-refractivity contribution in [3.05, 3.63) is 12.3 Å². The van der Waals surface area contributed by atoms with Gasteiger partial charge in [-0.2, -0.15) is 12.6 Å². The molecule has 1 atom stereocenters. The van der Waals surface area contributed by atoms with Crippen LogP contribution in [-0.2, 0) is 0 Å². The van der Waals surface area contributed by atoms with Gasteiger partial charge in [0.05, 0.1) is 0 Å². The topological polar surface area (TPSA) is 39.3 Å². The van der Waals surface area contributed by atoms with E-state index in [2.05, 4.69) is 52.9 Å². The summed E-state index contributed by atoms with van der Waals surface area (Å²) in [5.41, 5.74) is 7.04. The summed E-state index contributed by atoms with van der Waals surface area (Å²) in [6.07, 6.45) is 10.8. The molecule has 1 fully saturated rings. The number of thiol groups is 1. The van der Waals surface area contributed by atoms with E-state index in [9.17, 15) is 0 Å². The van der Waals surface area contributed by atoms with Gasteiger partial charge >= 0.3 is 0 Å². The Balaban J connectivity index is 1.59. The smallest absolute Gasteiger partial charge is 0.0426 e. The Kier molecular flexibility index (Phi) is 7.21. The zero-order chi connectivity index (χ0) is 14.2. The Morgan fingerprint density at radius 2 is 1.85 bits per heavy atom. The number of hydrogen-bond donors (Lipinski definition) is 4. The van der Waals surface area contributed by atoms with Crippen molar-refractivity contribution in [1.82, 2.24) is 21.1 Å². The lowest BCUT2D eigenvalue weighted by atomic mass is 9.91. The molecule has 0 aromatic carbocycles. The van der Waals surface area contributed by atoms with Crippen LogP contribution in [0.2, 0.25) is 0 Å². The maximum atomic E-state index is 4.25. The molecule has 0 saturated heterocycles. The van der Waals surface area contributed by atoms with Gasteiger partial charge < -0.3 is 10.2 Å². The van der Waals surface area contributed by atoms with E-state index in [0.717, 1.165) is 25.4 Å². The summed E-state index contributed by atoms with van der Waals surface area (Å²) in [6.45, 7) is 5.51. The molecule has 0 aromatic rings. The fourth-order valence-corrected chi connectivity index (χ4v) is 3.15. The Bertz CT molecular complexity index is 290. The Morgan fingerprint density at radius 1 is 1.10 bits per heavy atom. The van der Waals surface area contributed by atoms with E-state index in [4.69, 9.17) is 0 Å². The minimum Gasteiger partial charge on any atom is -0.378 e. The number of nitrogens with zero attached hydrogens (tertiary/aromatic N) is 1. The largest absolute Gasteiger partial charge is 0.378 e. The van der Waals surface area contributed by atoms with Crippen LogP contribution in [0.15, 0.2) is 12.3 Å². The molecule has 3 N–H and O–H groups in total. The van der Waals surface area contributed by atoms with Crippen molar-refractivity contribution in [2.75, 3.05) is 25.4 Å². The standard InChI is InChI=1S/C15H30N4S/c1-2-19-10-7-15(8-11-19)18-17-14-5-3-13(4-6-14)16-9-12-20/h7,10,13-18,20H,2-6,8-9,11-12H2,1H3. The molecule has 1 aliphatic carbocycles. The highest BCUT2D eigenvalue weighted by atomic mass is 32.1. The molecule has 20 heavy (non-hydrogen) atoms. The van der Waals surface area contributed by atoms with Crippen molar-refractivity contribution in [1.29, 1.82) is 0 Å². The molecule has 116 valence electrons. The molecule has 1 saturated carbocycles. The molecule has 0 amide bonds. The third kappa shape index (κ3) is 5.28. The minimum atomic E-state index is 0.484. The van der Waals surface area contributed by atoms with Gasteiger partial charge in [0.15, 0.2) is 0 Å². The molecule has 1 aliphatic heterocycles. The fraction of sp³-hybridized carbons (Fsp3) is 0.867. The zero-order valence-corrected chi connectivity index (χ0v) is 13.5. The predicted molar refractivity (Wildman–Crippen MR) is 89.0 cm³/mol. The average Bonchev–Trinajstić information content (AvgIpc) is 2.52. The molecule has 2 rings (SSSR count). The second kappa shape index (κ2) is 8.93. The van der Waals surface area contributed by atoms with Crippen LogP contribution < -0.4 is 16.2 Å². The highest BCUT2D eigenvalue weighted by molar-refractivity contribution is 7.80. The number of hydrogen-bond acceptors (Lipinski definition) is 5. The number of rotatable bonds is 7. The maximum Gasteiger partial charge on any atom is 0.0426 e. The normalized spacial score (nSPS) is 30.7. The highest BCUT2D eigenvalue weighted by Gasteiger charge is 2.21. The Hall–Kier alpha value is -0.230. The van der Waals surface area contributed by atoms with E-state index in [1.807, 2.05) is 0 Å². The molecular formula is C15H30N4S. The second-order valence-electron chi connectivity index (χ2n) is 5.88. The molecule has 0 bridgehead atoms. The van der Waals surface area contributed by atoms with Gasteiger partial charge in [-0.15, -0.1) is 0 Å². The molecule has 5 heteroatoms. The van der Waals surface area contributed by atoms with E-state index in [1.165, 1.54) is 32.1 Å². The van der Waals surface area contributed by atoms with Crippen LogP contribution in [0.1, 0.15) is 39.0 Å². The van der Waals surface area contributed by atoms with E-state index >= 15 is 0 Å². The first-order chi connectivity index (χ1) is 9.81. The molecule has 0 radical (unpaired) electrons. The summed E-state index contributed by atoms with van der Waals surface area (Å²) in [5.74, 6) is 0.933. The zero-order valence-electron chi connectivity index (χ0n) is 12.6. The van der Waals surface area contributed by atoms with Crippen molar-refractivity contribution in [2.24, 2.45) is 0 Å². The van der Waals surface area contributed by atoms with Crippen LogP contribution in [0.4, 0.5) is 0 Å². The Labute approximate surface area is 129 Å². The van der Waals surface area contributed by atoms with E-state index in [0.29, 0.717) is 18.1 Å². The Morgan fingerprint density at radius 3 is 2.45 bits per heavy atom. The molecular weight excluding hydrogens is 268 g/mol. The summed E-state index contributed by atoms with van der Waals surface area (Å²) in [4.78, 5) is 2.36. The number of nitrogens with one attached hydrogen (secondary N) is 3. The van der Waals surface area contributed by atoms with Gasteiger partial charge in [0.1, 0.15) is 0 Å². The summed E-state index contributed by atoms with van der Waals surface area (Å²) < 4.78 is 0. The molecule has 0 aromatic heterocycles. The monoisotopic (exact) mass is 298 g/mol. The third-order valence-corrected chi connectivity index (χ3v) is 4.63. The van der Waals surface area contributed by atoms with Gasteiger partial charge in [-0.05, 0) is 45.2 Å².